The van der Waals surface area contributed by atoms with Gasteiger partial charge in [-0.2, -0.15) is 0 Å². The Kier molecular flexibility index (Phi) is 9.72. The van der Waals surface area contributed by atoms with Crippen molar-refractivity contribution in [3.05, 3.63) is 54.1 Å². The van der Waals surface area contributed by atoms with Gasteiger partial charge in [0.25, 0.3) is 5.91 Å². The highest BCUT2D eigenvalue weighted by molar-refractivity contribution is 5.99. The maximum atomic E-state index is 13.7. The molecular formula is C27H37N3O6. The Morgan fingerprint density at radius 1 is 1.06 bits per heavy atom. The maximum absolute atomic E-state index is 13.7. The van der Waals surface area contributed by atoms with Crippen molar-refractivity contribution in [3.8, 4) is 11.5 Å². The number of nitrogens with one attached hydrogen (secondary N) is 2. The molecule has 2 aromatic carbocycles. The number of phenols is 1. The molecule has 2 rings (SSSR count). The Morgan fingerprint density at radius 2 is 1.69 bits per heavy atom. The number of benzene rings is 2. The lowest BCUT2D eigenvalue weighted by atomic mass is 9.99. The number of hydrogen-bond donors (Lipinski definition) is 3. The van der Waals surface area contributed by atoms with Crippen LogP contribution in [0, 0.1) is 0 Å². The molecule has 0 aliphatic heterocycles. The third kappa shape index (κ3) is 7.90. The summed E-state index contributed by atoms with van der Waals surface area (Å²) in [6.07, 6.45) is -0.181. The number of nitrogens with zero attached hydrogens (tertiary/aromatic N) is 1. The van der Waals surface area contributed by atoms with Crippen molar-refractivity contribution in [1.29, 1.82) is 0 Å². The lowest BCUT2D eigenvalue weighted by Crippen LogP contribution is -2.53. The van der Waals surface area contributed by atoms with Crippen molar-refractivity contribution >= 4 is 23.6 Å². The molecule has 3 unspecified atom stereocenters. The van der Waals surface area contributed by atoms with Crippen molar-refractivity contribution in [2.24, 2.45) is 0 Å². The third-order valence-electron chi connectivity index (χ3n) is 5.49. The van der Waals surface area contributed by atoms with E-state index in [9.17, 15) is 19.5 Å². The standard InChI is InChI=1S/C27H37N3O6/c1-8-17(2)30(25(33)18(3)28-26(34)36-27(4,5)6)23(19-10-9-11-21(31)16-19)24(32)29-20-12-14-22(35-7)15-13-20/h9-18,23,31H,8H2,1-7H3,(H,28,34)(H,29,32). The number of anilines is 1. The average Bonchev–Trinajstić information content (AvgIpc) is 2.80. The highest BCUT2D eigenvalue weighted by Crippen LogP contribution is 2.29. The molecule has 36 heavy (non-hydrogen) atoms. The van der Waals surface area contributed by atoms with E-state index in [1.165, 1.54) is 17.0 Å². The predicted octanol–water partition coefficient (Wildman–Crippen LogP) is 4.62. The van der Waals surface area contributed by atoms with Crippen LogP contribution in [0.5, 0.6) is 11.5 Å². The molecule has 0 aliphatic carbocycles. The minimum absolute atomic E-state index is 0.0359. The highest BCUT2D eigenvalue weighted by Gasteiger charge is 2.37. The average molecular weight is 500 g/mol. The van der Waals surface area contributed by atoms with Crippen LogP contribution in [0.4, 0.5) is 10.5 Å². The van der Waals surface area contributed by atoms with Gasteiger partial charge in [0.2, 0.25) is 5.91 Å². The van der Waals surface area contributed by atoms with E-state index in [0.29, 0.717) is 23.4 Å². The molecule has 2 aromatic rings. The molecule has 0 aliphatic rings. The van der Waals surface area contributed by atoms with E-state index in [-0.39, 0.29) is 11.8 Å². The Balaban J connectivity index is 2.44. The van der Waals surface area contributed by atoms with Crippen molar-refractivity contribution < 1.29 is 29.0 Å². The van der Waals surface area contributed by atoms with Crippen molar-refractivity contribution in [3.63, 3.8) is 0 Å². The third-order valence-corrected chi connectivity index (χ3v) is 5.49. The minimum atomic E-state index is -1.08. The molecule has 9 heteroatoms. The lowest BCUT2D eigenvalue weighted by Gasteiger charge is -2.37. The van der Waals surface area contributed by atoms with E-state index in [2.05, 4.69) is 10.6 Å². The zero-order chi connectivity index (χ0) is 27.0. The van der Waals surface area contributed by atoms with Crippen molar-refractivity contribution in [2.45, 2.75) is 71.7 Å². The zero-order valence-corrected chi connectivity index (χ0v) is 22.0. The summed E-state index contributed by atoms with van der Waals surface area (Å²) in [5, 5.41) is 15.5. The monoisotopic (exact) mass is 499 g/mol. The summed E-state index contributed by atoms with van der Waals surface area (Å²) < 4.78 is 10.5. The van der Waals surface area contributed by atoms with Gasteiger partial charge in [0.15, 0.2) is 0 Å². The van der Waals surface area contributed by atoms with E-state index in [1.807, 2.05) is 13.8 Å². The molecule has 0 saturated carbocycles. The Labute approximate surface area is 212 Å². The van der Waals surface area contributed by atoms with Crippen LogP contribution in [0.3, 0.4) is 0 Å². The number of carbonyl (C=O) groups excluding carboxylic acids is 3. The first-order valence-corrected chi connectivity index (χ1v) is 11.9. The first kappa shape index (κ1) is 28.5. The van der Waals surface area contributed by atoms with Crippen molar-refractivity contribution in [2.75, 3.05) is 12.4 Å². The number of phenolic OH excluding ortho intramolecular Hbond substituents is 1. The number of ether oxygens (including phenoxy) is 2. The van der Waals surface area contributed by atoms with Crippen LogP contribution in [-0.4, -0.2) is 52.7 Å². The van der Waals surface area contributed by atoms with Crippen molar-refractivity contribution in [1.82, 2.24) is 10.2 Å². The SMILES string of the molecule is CCC(C)N(C(=O)C(C)NC(=O)OC(C)(C)C)C(C(=O)Nc1ccc(OC)cc1)c1cccc(O)c1. The van der Waals surface area contributed by atoms with Gasteiger partial charge in [-0.1, -0.05) is 19.1 Å². The highest BCUT2D eigenvalue weighted by atomic mass is 16.6. The summed E-state index contributed by atoms with van der Waals surface area (Å²) >= 11 is 0. The molecule has 0 aromatic heterocycles. The van der Waals surface area contributed by atoms with Crippen LogP contribution in [0.15, 0.2) is 48.5 Å². The van der Waals surface area contributed by atoms with Crippen LogP contribution in [0.25, 0.3) is 0 Å². The van der Waals surface area contributed by atoms with Gasteiger partial charge < -0.3 is 30.1 Å². The molecule has 0 heterocycles. The Hall–Kier alpha value is -3.75. The topological polar surface area (TPSA) is 117 Å². The molecule has 0 bridgehead atoms. The van der Waals surface area contributed by atoms with Gasteiger partial charge >= 0.3 is 6.09 Å². The zero-order valence-electron chi connectivity index (χ0n) is 22.0. The van der Waals surface area contributed by atoms with Crippen LogP contribution in [0.2, 0.25) is 0 Å². The molecular weight excluding hydrogens is 462 g/mol. The lowest BCUT2D eigenvalue weighted by molar-refractivity contribution is -0.143. The van der Waals surface area contributed by atoms with Crippen LogP contribution >= 0.6 is 0 Å². The second-order valence-corrected chi connectivity index (χ2v) is 9.59. The van der Waals surface area contributed by atoms with E-state index in [0.717, 1.165) is 0 Å². The normalized spacial score (nSPS) is 13.6. The van der Waals surface area contributed by atoms with Crippen LogP contribution in [-0.2, 0) is 14.3 Å². The van der Waals surface area contributed by atoms with E-state index in [4.69, 9.17) is 9.47 Å². The number of hydrogen-bond acceptors (Lipinski definition) is 6. The van der Waals surface area contributed by atoms with E-state index in [1.54, 1.807) is 71.2 Å². The molecule has 0 spiro atoms. The number of carbonyl (C=O) groups is 3. The van der Waals surface area contributed by atoms with Gasteiger partial charge in [-0.3, -0.25) is 9.59 Å². The smallest absolute Gasteiger partial charge is 0.408 e. The summed E-state index contributed by atoms with van der Waals surface area (Å²) in [6.45, 7) is 10.5. The molecule has 0 radical (unpaired) electrons. The molecule has 0 fully saturated rings. The van der Waals surface area contributed by atoms with E-state index >= 15 is 0 Å². The summed E-state index contributed by atoms with van der Waals surface area (Å²) in [5.41, 5.74) is 0.215. The molecule has 0 saturated heterocycles. The number of methoxy groups -OCH3 is 1. The van der Waals surface area contributed by atoms with Gasteiger partial charge in [-0.25, -0.2) is 4.79 Å². The maximum Gasteiger partial charge on any atom is 0.408 e. The van der Waals surface area contributed by atoms with Crippen LogP contribution < -0.4 is 15.4 Å². The predicted molar refractivity (Wildman–Crippen MR) is 138 cm³/mol. The molecule has 3 N–H and O–H groups in total. The summed E-state index contributed by atoms with van der Waals surface area (Å²) in [7, 11) is 1.55. The quantitative estimate of drug-likeness (QED) is 0.463. The van der Waals surface area contributed by atoms with E-state index < -0.39 is 35.6 Å². The molecule has 3 amide bonds. The first-order valence-electron chi connectivity index (χ1n) is 11.9. The number of aromatic hydroxyl groups is 1. The van der Waals surface area contributed by atoms with Gasteiger partial charge in [-0.05, 0) is 83.0 Å². The first-order chi connectivity index (χ1) is 16.9. The minimum Gasteiger partial charge on any atom is -0.508 e. The van der Waals surface area contributed by atoms with Gasteiger partial charge in [-0.15, -0.1) is 0 Å². The van der Waals surface area contributed by atoms with Crippen LogP contribution in [0.1, 0.15) is 59.6 Å². The Bertz CT molecular complexity index is 1050. The van der Waals surface area contributed by atoms with Gasteiger partial charge in [0, 0.05) is 11.7 Å². The fraction of sp³-hybridized carbons (Fsp3) is 0.444. The molecule has 196 valence electrons. The molecule has 9 nitrogen and oxygen atoms in total. The van der Waals surface area contributed by atoms with Gasteiger partial charge in [0.05, 0.1) is 7.11 Å². The fourth-order valence-corrected chi connectivity index (χ4v) is 3.58. The number of alkyl carbamates (subject to hydrolysis) is 1. The fourth-order valence-electron chi connectivity index (χ4n) is 3.58. The number of rotatable bonds is 9. The Morgan fingerprint density at radius 3 is 2.22 bits per heavy atom. The second kappa shape index (κ2) is 12.3. The summed E-state index contributed by atoms with van der Waals surface area (Å²) in [4.78, 5) is 41.1. The summed E-state index contributed by atoms with van der Waals surface area (Å²) in [6, 6.07) is 10.6. The largest absolute Gasteiger partial charge is 0.508 e. The molecule has 3 atom stereocenters. The summed E-state index contributed by atoms with van der Waals surface area (Å²) in [5.74, 6) is -0.334. The second-order valence-electron chi connectivity index (χ2n) is 9.59. The van der Waals surface area contributed by atoms with Gasteiger partial charge in [0.1, 0.15) is 29.2 Å². The number of amides is 3.